The molecule has 0 aliphatic carbocycles. The van der Waals surface area contributed by atoms with Gasteiger partial charge in [0.15, 0.2) is 0 Å². The van der Waals surface area contributed by atoms with Gasteiger partial charge in [0, 0.05) is 33.3 Å². The van der Waals surface area contributed by atoms with Gasteiger partial charge >= 0.3 is 0 Å². The van der Waals surface area contributed by atoms with Crippen LogP contribution in [0.2, 0.25) is 0 Å². The molecule has 0 aromatic heterocycles. The number of hydrogen-bond donors (Lipinski definition) is 1. The first-order chi connectivity index (χ1) is 6.24. The van der Waals surface area contributed by atoms with E-state index >= 15 is 0 Å². The van der Waals surface area contributed by atoms with Crippen molar-refractivity contribution in [3.05, 3.63) is 0 Å². The van der Waals surface area contributed by atoms with Crippen LogP contribution in [-0.2, 0) is 4.74 Å². The van der Waals surface area contributed by atoms with Gasteiger partial charge in [-0.3, -0.25) is 4.90 Å². The fourth-order valence-electron chi connectivity index (χ4n) is 1.27. The lowest BCUT2D eigenvalue weighted by Crippen LogP contribution is -2.35. The molecule has 80 valence electrons. The molecule has 0 rings (SSSR count). The first kappa shape index (κ1) is 12.9. The van der Waals surface area contributed by atoms with Crippen LogP contribution in [-0.4, -0.2) is 44.8 Å². The van der Waals surface area contributed by atoms with Crippen molar-refractivity contribution >= 4 is 0 Å². The molecule has 1 unspecified atom stereocenters. The quantitative estimate of drug-likeness (QED) is 0.616. The summed E-state index contributed by atoms with van der Waals surface area (Å²) in [5.41, 5.74) is 5.54. The lowest BCUT2D eigenvalue weighted by atomic mass is 10.1. The van der Waals surface area contributed by atoms with Crippen molar-refractivity contribution in [1.82, 2.24) is 4.90 Å². The van der Waals surface area contributed by atoms with Crippen LogP contribution in [0, 0.1) is 5.92 Å². The topological polar surface area (TPSA) is 38.5 Å². The summed E-state index contributed by atoms with van der Waals surface area (Å²) >= 11 is 0. The average Bonchev–Trinajstić information content (AvgIpc) is 2.14. The van der Waals surface area contributed by atoms with E-state index in [1.165, 1.54) is 6.42 Å². The van der Waals surface area contributed by atoms with Crippen molar-refractivity contribution in [3.8, 4) is 0 Å². The Kier molecular flexibility index (Phi) is 8.40. The van der Waals surface area contributed by atoms with E-state index in [0.29, 0.717) is 0 Å². The lowest BCUT2D eigenvalue weighted by Gasteiger charge is -2.24. The van der Waals surface area contributed by atoms with E-state index in [1.807, 2.05) is 0 Å². The molecule has 0 fully saturated rings. The summed E-state index contributed by atoms with van der Waals surface area (Å²) in [6.07, 6.45) is 1.23. The molecule has 0 saturated heterocycles. The highest BCUT2D eigenvalue weighted by atomic mass is 16.5. The minimum absolute atomic E-state index is 0.736. The number of methoxy groups -OCH3 is 1. The van der Waals surface area contributed by atoms with E-state index in [2.05, 4.69) is 18.7 Å². The fraction of sp³-hybridized carbons (Fsp3) is 1.00. The van der Waals surface area contributed by atoms with Crippen LogP contribution >= 0.6 is 0 Å². The highest BCUT2D eigenvalue weighted by Crippen LogP contribution is 2.03. The minimum atomic E-state index is 0.736. The lowest BCUT2D eigenvalue weighted by molar-refractivity contribution is 0.140. The summed E-state index contributed by atoms with van der Waals surface area (Å²) in [4.78, 5) is 2.37. The van der Waals surface area contributed by atoms with Gasteiger partial charge in [0.25, 0.3) is 0 Å². The molecule has 13 heavy (non-hydrogen) atoms. The molecule has 1 atom stereocenters. The average molecular weight is 188 g/mol. The molecule has 2 N–H and O–H groups in total. The second kappa shape index (κ2) is 8.48. The van der Waals surface area contributed by atoms with Crippen LogP contribution in [0.15, 0.2) is 0 Å². The zero-order chi connectivity index (χ0) is 10.1. The minimum Gasteiger partial charge on any atom is -0.383 e. The van der Waals surface area contributed by atoms with Crippen molar-refractivity contribution in [3.63, 3.8) is 0 Å². The third-order valence-corrected chi connectivity index (χ3v) is 2.32. The molecular formula is C10H24N2O. The largest absolute Gasteiger partial charge is 0.383 e. The Morgan fingerprint density at radius 1 is 1.38 bits per heavy atom. The Hall–Kier alpha value is -0.120. The van der Waals surface area contributed by atoms with Crippen LogP contribution in [0.5, 0.6) is 0 Å². The van der Waals surface area contributed by atoms with Gasteiger partial charge in [0.2, 0.25) is 0 Å². The summed E-state index contributed by atoms with van der Waals surface area (Å²) in [6.45, 7) is 9.15. The van der Waals surface area contributed by atoms with Gasteiger partial charge in [0.1, 0.15) is 0 Å². The molecular weight excluding hydrogens is 164 g/mol. The van der Waals surface area contributed by atoms with Gasteiger partial charge in [0.05, 0.1) is 6.61 Å². The van der Waals surface area contributed by atoms with Crippen molar-refractivity contribution in [2.75, 3.05) is 39.9 Å². The maximum absolute atomic E-state index is 5.54. The van der Waals surface area contributed by atoms with Crippen LogP contribution in [0.1, 0.15) is 20.3 Å². The molecule has 0 aromatic carbocycles. The summed E-state index contributed by atoms with van der Waals surface area (Å²) < 4.78 is 5.05. The summed E-state index contributed by atoms with van der Waals surface area (Å²) in [6, 6.07) is 0. The van der Waals surface area contributed by atoms with Crippen LogP contribution in [0.3, 0.4) is 0 Å². The second-order valence-corrected chi connectivity index (χ2v) is 3.60. The molecule has 0 radical (unpaired) electrons. The Morgan fingerprint density at radius 2 is 2.08 bits per heavy atom. The number of ether oxygens (including phenoxy) is 1. The van der Waals surface area contributed by atoms with E-state index in [-0.39, 0.29) is 0 Å². The molecule has 0 heterocycles. The van der Waals surface area contributed by atoms with Gasteiger partial charge in [-0.1, -0.05) is 20.3 Å². The predicted octanol–water partition coefficient (Wildman–Crippen LogP) is 0.940. The maximum atomic E-state index is 5.54. The molecule has 0 spiro atoms. The van der Waals surface area contributed by atoms with Crippen molar-refractivity contribution < 1.29 is 4.74 Å². The number of nitrogens with zero attached hydrogens (tertiary/aromatic N) is 1. The highest BCUT2D eigenvalue weighted by Gasteiger charge is 2.07. The Morgan fingerprint density at radius 3 is 2.54 bits per heavy atom. The third kappa shape index (κ3) is 6.99. The molecule has 0 bridgehead atoms. The molecule has 0 amide bonds. The van der Waals surface area contributed by atoms with E-state index in [9.17, 15) is 0 Å². The van der Waals surface area contributed by atoms with Gasteiger partial charge in [-0.15, -0.1) is 0 Å². The molecule has 0 aromatic rings. The summed E-state index contributed by atoms with van der Waals surface area (Å²) in [5, 5.41) is 0. The molecule has 3 nitrogen and oxygen atoms in total. The zero-order valence-electron chi connectivity index (χ0n) is 9.25. The zero-order valence-corrected chi connectivity index (χ0v) is 9.25. The first-order valence-electron chi connectivity index (χ1n) is 5.15. The van der Waals surface area contributed by atoms with Gasteiger partial charge < -0.3 is 10.5 Å². The highest BCUT2D eigenvalue weighted by molar-refractivity contribution is 4.62. The monoisotopic (exact) mass is 188 g/mol. The van der Waals surface area contributed by atoms with Gasteiger partial charge in [-0.05, 0) is 5.92 Å². The van der Waals surface area contributed by atoms with Crippen molar-refractivity contribution in [1.29, 1.82) is 0 Å². The van der Waals surface area contributed by atoms with E-state index in [0.717, 1.165) is 38.7 Å². The summed E-state index contributed by atoms with van der Waals surface area (Å²) in [5.74, 6) is 0.753. The Labute approximate surface area is 82.2 Å². The van der Waals surface area contributed by atoms with Crippen molar-refractivity contribution in [2.45, 2.75) is 20.3 Å². The Bertz CT molecular complexity index is 109. The Balaban J connectivity index is 3.65. The van der Waals surface area contributed by atoms with Crippen LogP contribution in [0.4, 0.5) is 0 Å². The SMILES string of the molecule is CCC(C)CN(CCN)CCOC. The van der Waals surface area contributed by atoms with Gasteiger partial charge in [-0.25, -0.2) is 0 Å². The number of nitrogens with two attached hydrogens (primary N) is 1. The maximum Gasteiger partial charge on any atom is 0.0589 e. The molecule has 0 saturated carbocycles. The molecule has 0 aliphatic heterocycles. The smallest absolute Gasteiger partial charge is 0.0589 e. The fourth-order valence-corrected chi connectivity index (χ4v) is 1.27. The van der Waals surface area contributed by atoms with Crippen LogP contribution < -0.4 is 5.73 Å². The van der Waals surface area contributed by atoms with Crippen LogP contribution in [0.25, 0.3) is 0 Å². The summed E-state index contributed by atoms with van der Waals surface area (Å²) in [7, 11) is 1.74. The standard InChI is InChI=1S/C10H24N2O/c1-4-10(2)9-12(6-5-11)7-8-13-3/h10H,4-9,11H2,1-3H3. The molecule has 3 heteroatoms. The normalized spacial score (nSPS) is 13.6. The van der Waals surface area contributed by atoms with Crippen molar-refractivity contribution in [2.24, 2.45) is 11.7 Å². The third-order valence-electron chi connectivity index (χ3n) is 2.32. The molecule has 0 aliphatic rings. The number of hydrogen-bond acceptors (Lipinski definition) is 3. The second-order valence-electron chi connectivity index (χ2n) is 3.60. The first-order valence-corrected chi connectivity index (χ1v) is 5.15. The van der Waals surface area contributed by atoms with E-state index in [4.69, 9.17) is 10.5 Å². The predicted molar refractivity (Wildman–Crippen MR) is 56.8 cm³/mol. The van der Waals surface area contributed by atoms with E-state index < -0.39 is 0 Å². The van der Waals surface area contributed by atoms with Gasteiger partial charge in [-0.2, -0.15) is 0 Å². The van der Waals surface area contributed by atoms with E-state index in [1.54, 1.807) is 7.11 Å². The number of rotatable bonds is 8.